The molecule has 6 aromatic carbocycles. The molecule has 1 saturated carbocycles. The van der Waals surface area contributed by atoms with Crippen LogP contribution in [0.15, 0.2) is 120 Å². The highest BCUT2D eigenvalue weighted by Crippen LogP contribution is 2.57. The third-order valence-electron chi connectivity index (χ3n) is 23.1. The van der Waals surface area contributed by atoms with Crippen molar-refractivity contribution in [2.45, 2.75) is 161 Å². The number of aromatic nitrogens is 2. The van der Waals surface area contributed by atoms with Crippen molar-refractivity contribution in [2.24, 2.45) is 5.41 Å². The SMILES string of the molecule is COc1cc2c(cc1OCCCCCOc1cc3c(cc1OC)C(=O)N1CC4(CC4)C[C@H]1[C@H](O)N3C(=O)OCc1ccc(O[C@@H]3O[C@H](C(=O)O)[C@@H](O)[C@H](O)[C@H]3O)c(NC(=O)CCOCCOCCOCCOCCNC(=O)c3ccc(-c4nsc(S(C)(=O)=O)n4)cc3)c1)N(C(=O)OCc1ccc(O[C@@H]3O[C@H](C(=O)O)[C@@H](O)[C@H](O)[C@H]3O)cc1)[C@@H](O)[C@@H]1Cc3ccccc3CN1C2=O. The van der Waals surface area contributed by atoms with Gasteiger partial charge in [0.1, 0.15) is 61.3 Å². The van der Waals surface area contributed by atoms with Crippen molar-refractivity contribution in [3.8, 4) is 45.9 Å². The Kier molecular flexibility index (Phi) is 30.9. The van der Waals surface area contributed by atoms with Crippen LogP contribution in [0.25, 0.3) is 11.4 Å². The molecule has 4 fully saturated rings. The van der Waals surface area contributed by atoms with Gasteiger partial charge in [0.05, 0.1) is 127 Å². The van der Waals surface area contributed by atoms with Crippen LogP contribution in [-0.4, -0.2) is 312 Å². The van der Waals surface area contributed by atoms with E-state index in [-0.39, 0.29) is 188 Å². The number of benzene rings is 6. The molecule has 7 heterocycles. The van der Waals surface area contributed by atoms with Crippen molar-refractivity contribution in [3.63, 3.8) is 0 Å². The molecule has 12 N–H and O–H groups in total. The third-order valence-corrected chi connectivity index (χ3v) is 25.5. The number of aliphatic hydroxyl groups excluding tert-OH is 8. The zero-order chi connectivity index (χ0) is 93.1. The number of carboxylic acids is 2. The van der Waals surface area contributed by atoms with Gasteiger partial charge in [-0.05, 0) is 133 Å². The topological polar surface area (TPSA) is 565 Å². The normalized spacial score (nSPS) is 23.5. The molecule has 44 heteroatoms. The summed E-state index contributed by atoms with van der Waals surface area (Å²) in [6, 6.07) is 27.4. The van der Waals surface area contributed by atoms with Crippen molar-refractivity contribution in [3.05, 3.63) is 154 Å². The lowest BCUT2D eigenvalue weighted by molar-refractivity contribution is -0.271. The highest BCUT2D eigenvalue weighted by Gasteiger charge is 2.59. The molecule has 0 bridgehead atoms. The second-order valence-corrected chi connectivity index (χ2v) is 35.0. The summed E-state index contributed by atoms with van der Waals surface area (Å²) in [5.74, 6) is -4.81. The van der Waals surface area contributed by atoms with E-state index in [1.54, 1.807) is 29.2 Å². The molecule has 3 saturated heterocycles. The van der Waals surface area contributed by atoms with Crippen LogP contribution in [0.3, 0.4) is 0 Å². The van der Waals surface area contributed by atoms with E-state index in [0.29, 0.717) is 48.9 Å². The van der Waals surface area contributed by atoms with Crippen LogP contribution in [0.5, 0.6) is 34.5 Å². The number of carbonyl (C=O) groups excluding carboxylic acids is 6. The minimum atomic E-state index is -3.50. The Morgan fingerprint density at radius 1 is 0.557 bits per heavy atom. The van der Waals surface area contributed by atoms with E-state index >= 15 is 0 Å². The van der Waals surface area contributed by atoms with E-state index in [1.165, 1.54) is 85.8 Å². The Bertz CT molecular complexity index is 5400. The number of carbonyl (C=O) groups is 8. The first-order valence-electron chi connectivity index (χ1n) is 42.0. The Morgan fingerprint density at radius 2 is 1.08 bits per heavy atom. The minimum Gasteiger partial charge on any atom is -0.493 e. The van der Waals surface area contributed by atoms with E-state index in [9.17, 15) is 97.8 Å². The summed E-state index contributed by atoms with van der Waals surface area (Å²) in [5, 5.41) is 112. The molecule has 7 aliphatic rings. The molecule has 42 nitrogen and oxygen atoms in total. The number of nitrogens with one attached hydrogen (secondary N) is 2. The van der Waals surface area contributed by atoms with Gasteiger partial charge in [-0.1, -0.05) is 54.6 Å². The Hall–Kier alpha value is -11.6. The van der Waals surface area contributed by atoms with Crippen LogP contribution in [0.2, 0.25) is 0 Å². The van der Waals surface area contributed by atoms with E-state index in [0.717, 1.165) is 51.6 Å². The van der Waals surface area contributed by atoms with Crippen LogP contribution < -0.4 is 48.9 Å². The summed E-state index contributed by atoms with van der Waals surface area (Å²) in [6.45, 7) is 0.913. The number of aliphatic hydroxyl groups is 8. The fraction of sp³-hybridized carbons (Fsp3) is 0.471. The highest BCUT2D eigenvalue weighted by molar-refractivity contribution is 7.92. The van der Waals surface area contributed by atoms with Crippen molar-refractivity contribution in [1.82, 2.24) is 24.5 Å². The highest BCUT2D eigenvalue weighted by atomic mass is 32.2. The maximum Gasteiger partial charge on any atom is 0.416 e. The van der Waals surface area contributed by atoms with Crippen LogP contribution in [0.1, 0.15) is 98.3 Å². The van der Waals surface area contributed by atoms with Gasteiger partial charge in [0.25, 0.3) is 17.7 Å². The Morgan fingerprint density at radius 3 is 1.63 bits per heavy atom. The summed E-state index contributed by atoms with van der Waals surface area (Å²) in [7, 11) is -0.758. The molecule has 131 heavy (non-hydrogen) atoms. The Balaban J connectivity index is 0.580. The van der Waals surface area contributed by atoms with Gasteiger partial charge in [-0.15, -0.1) is 0 Å². The fourth-order valence-corrected chi connectivity index (χ4v) is 17.2. The van der Waals surface area contributed by atoms with Gasteiger partial charge in [-0.3, -0.25) is 19.2 Å². The number of anilines is 3. The van der Waals surface area contributed by atoms with E-state index in [1.807, 2.05) is 24.3 Å². The average molecular weight is 1870 g/mol. The number of sulfone groups is 1. The quantitative estimate of drug-likeness (QED) is 0.0246. The number of fused-ring (bicyclic) bond motifs is 5. The standard InChI is InChI=1S/C87H100N8O34S2/c1-116-61-37-53-56(94(78(106)58-36-50-9-5-6-10-51(50)42-92(58)76(53)104)85(112)124-43-46-11-18-52(19-12-46)126-82-70(101)66(97)68(99)72(128-82)80(108)109)39-63(61)122-25-7-4-8-26-123-64-40-57-54(38-62(64)117-2)77(105)93-45-87(22-23-87)41-59(93)79(107)95(57)86(113)125-44-47-13-20-60(127-83-71(102)67(98)69(100)73(129-83)81(110)111)55(35-47)89-65(96)21-27-118-29-31-120-33-34-121-32-30-119-28-24-88-75(103)49-16-14-48(15-17-49)74-90-84(130-91-74)131(3,114)115/h5-6,9-20,35,37-40,58-59,66-73,78-79,82-83,97-102,106-107H,4,7-8,21-34,36,41-45H2,1-3H3,(H,88,103)(H,89,96)(H,108,109)(H,110,111)/t58-,59-,66-,67-,68-,69-,70+,71+,72-,73-,78-,79-,82+,83+/m0/s1. The predicted octanol–water partition coefficient (Wildman–Crippen LogP) is 3.13. The maximum absolute atomic E-state index is 14.9. The molecule has 1 spiro atoms. The summed E-state index contributed by atoms with van der Waals surface area (Å²) in [5.41, 5.74) is 2.63. The van der Waals surface area contributed by atoms with E-state index in [2.05, 4.69) is 20.0 Å². The number of hydrogen-bond donors (Lipinski definition) is 12. The molecule has 14 rings (SSSR count). The molecule has 0 unspecified atom stereocenters. The molecule has 6 amide bonds. The van der Waals surface area contributed by atoms with Crippen LogP contribution in [0, 0.1) is 5.41 Å². The minimum absolute atomic E-state index is 0.0123. The lowest BCUT2D eigenvalue weighted by Crippen LogP contribution is -2.61. The van der Waals surface area contributed by atoms with Gasteiger partial charge in [-0.25, -0.2) is 42.4 Å². The van der Waals surface area contributed by atoms with Gasteiger partial charge in [0.2, 0.25) is 32.7 Å². The van der Waals surface area contributed by atoms with Crippen molar-refractivity contribution < 1.29 is 164 Å². The van der Waals surface area contributed by atoms with Crippen LogP contribution in [0.4, 0.5) is 26.7 Å². The second kappa shape index (κ2) is 42.3. The first kappa shape index (κ1) is 95.5. The molecule has 1 aliphatic carbocycles. The summed E-state index contributed by atoms with van der Waals surface area (Å²) >= 11 is 0.768. The number of nitrogens with zero attached hydrogens (tertiary/aromatic N) is 6. The second-order valence-electron chi connectivity index (χ2n) is 32.1. The number of rotatable bonds is 39. The largest absolute Gasteiger partial charge is 0.493 e. The summed E-state index contributed by atoms with van der Waals surface area (Å²) in [6.07, 6.45) is -20.7. The van der Waals surface area contributed by atoms with Crippen LogP contribution >= 0.6 is 11.5 Å². The molecule has 1 aromatic heterocycles. The van der Waals surface area contributed by atoms with Gasteiger partial charge in [0.15, 0.2) is 53.5 Å². The Labute approximate surface area is 752 Å². The molecule has 7 aromatic rings. The fourth-order valence-electron chi connectivity index (χ4n) is 15.9. The number of aliphatic carboxylic acids is 2. The number of carboxylic acid groups (broad SMARTS) is 2. The number of unbranched alkanes of at least 4 members (excludes halogenated alkanes) is 2. The monoisotopic (exact) mass is 1860 g/mol. The van der Waals surface area contributed by atoms with Gasteiger partial charge in [-0.2, -0.15) is 4.37 Å². The lowest BCUT2D eigenvalue weighted by atomic mass is 9.93. The zero-order valence-electron chi connectivity index (χ0n) is 71.1. The lowest BCUT2D eigenvalue weighted by Gasteiger charge is -2.39. The smallest absolute Gasteiger partial charge is 0.416 e. The third kappa shape index (κ3) is 22.3. The van der Waals surface area contributed by atoms with Gasteiger partial charge >= 0.3 is 24.1 Å². The molecule has 0 radical (unpaired) electrons. The number of ether oxygens (including phenoxy) is 14. The molecule has 704 valence electrons. The summed E-state index contributed by atoms with van der Waals surface area (Å²) in [4.78, 5) is 118. The van der Waals surface area contributed by atoms with Gasteiger partial charge < -0.3 is 138 Å². The van der Waals surface area contributed by atoms with Crippen molar-refractivity contribution in [1.29, 1.82) is 0 Å². The number of methoxy groups -OCH3 is 2. The van der Waals surface area contributed by atoms with E-state index in [4.69, 9.17) is 66.3 Å². The molecular formula is C87H100N8O34S2. The average Bonchev–Trinajstić information content (AvgIpc) is 1.59. The first-order chi connectivity index (χ1) is 62.9. The molecule has 14 atom stereocenters. The van der Waals surface area contributed by atoms with Crippen molar-refractivity contribution >= 4 is 86.2 Å². The number of hydrogen-bond acceptors (Lipinski definition) is 35. The first-order valence-corrected chi connectivity index (χ1v) is 44.7. The van der Waals surface area contributed by atoms with E-state index < -0.39 is 144 Å². The maximum atomic E-state index is 14.9. The van der Waals surface area contributed by atoms with Crippen LogP contribution in [-0.2, 0) is 88.3 Å². The molecular weight excluding hydrogens is 1770 g/mol. The zero-order valence-corrected chi connectivity index (χ0v) is 72.7. The molecule has 6 aliphatic heterocycles. The van der Waals surface area contributed by atoms with Crippen molar-refractivity contribution in [2.75, 3.05) is 115 Å². The summed E-state index contributed by atoms with van der Waals surface area (Å²) < 4.78 is 108. The van der Waals surface area contributed by atoms with Gasteiger partial charge in [0, 0.05) is 49.1 Å². The predicted molar refractivity (Wildman–Crippen MR) is 453 cm³/mol. The number of amides is 6.